The van der Waals surface area contributed by atoms with Gasteiger partial charge in [0, 0.05) is 17.8 Å². The van der Waals surface area contributed by atoms with Gasteiger partial charge in [-0.1, -0.05) is 5.21 Å². The minimum absolute atomic E-state index is 0.0498. The van der Waals surface area contributed by atoms with Crippen LogP contribution in [0, 0.1) is 23.1 Å². The number of halogens is 1. The molecule has 0 saturated heterocycles. The molecule has 1 aliphatic rings. The zero-order chi connectivity index (χ0) is 18.1. The number of carbonyl (C=O) groups is 1. The van der Waals surface area contributed by atoms with E-state index in [1.807, 2.05) is 6.07 Å². The van der Waals surface area contributed by atoms with E-state index in [-0.39, 0.29) is 16.8 Å². The third-order valence-corrected chi connectivity index (χ3v) is 4.17. The molecule has 0 bridgehead atoms. The summed E-state index contributed by atoms with van der Waals surface area (Å²) in [7, 11) is 0. The van der Waals surface area contributed by atoms with Crippen LogP contribution in [-0.4, -0.2) is 31.1 Å². The van der Waals surface area contributed by atoms with Crippen LogP contribution in [0.1, 0.15) is 28.9 Å². The van der Waals surface area contributed by atoms with Gasteiger partial charge in [-0.05, 0) is 37.0 Å². The van der Waals surface area contributed by atoms with Gasteiger partial charge >= 0.3 is 0 Å². The number of benzene rings is 1. The standard InChI is InChI=1S/C17H14FN7O/c18-14-4-3-12(21-17(26)16-11(6-19)7-20-23-16)5-13(14)15-9-25(24-22-15)8-10-1-2-10/h3-5,7,9-10H,1-2,8H2,(H,20,23)(H,21,26). The van der Waals surface area contributed by atoms with Crippen molar-refractivity contribution in [3.05, 3.63) is 47.7 Å². The van der Waals surface area contributed by atoms with Crippen LogP contribution < -0.4 is 5.32 Å². The zero-order valence-electron chi connectivity index (χ0n) is 13.6. The van der Waals surface area contributed by atoms with Crippen LogP contribution in [0.5, 0.6) is 0 Å². The predicted molar refractivity (Wildman–Crippen MR) is 89.4 cm³/mol. The van der Waals surface area contributed by atoms with Crippen molar-refractivity contribution in [1.29, 1.82) is 5.26 Å². The highest BCUT2D eigenvalue weighted by Crippen LogP contribution is 2.31. The molecule has 2 N–H and O–H groups in total. The summed E-state index contributed by atoms with van der Waals surface area (Å²) in [5.41, 5.74) is 1.21. The van der Waals surface area contributed by atoms with E-state index in [4.69, 9.17) is 5.26 Å². The number of hydrogen-bond acceptors (Lipinski definition) is 5. The van der Waals surface area contributed by atoms with Crippen molar-refractivity contribution in [2.75, 3.05) is 5.32 Å². The van der Waals surface area contributed by atoms with Crippen LogP contribution >= 0.6 is 0 Å². The lowest BCUT2D eigenvalue weighted by Gasteiger charge is -2.06. The van der Waals surface area contributed by atoms with E-state index >= 15 is 0 Å². The molecule has 0 unspecified atom stereocenters. The molecule has 1 aliphatic carbocycles. The number of nitriles is 1. The first-order valence-corrected chi connectivity index (χ1v) is 8.09. The first kappa shape index (κ1) is 16.0. The Morgan fingerprint density at radius 3 is 3.08 bits per heavy atom. The van der Waals surface area contributed by atoms with E-state index < -0.39 is 11.7 Å². The second kappa shape index (κ2) is 6.40. The van der Waals surface area contributed by atoms with Gasteiger partial charge in [0.25, 0.3) is 5.91 Å². The molecule has 0 atom stereocenters. The van der Waals surface area contributed by atoms with Gasteiger partial charge in [0.05, 0.1) is 12.4 Å². The minimum Gasteiger partial charge on any atom is -0.321 e. The summed E-state index contributed by atoms with van der Waals surface area (Å²) in [6.45, 7) is 0.780. The van der Waals surface area contributed by atoms with Crippen LogP contribution in [0.15, 0.2) is 30.6 Å². The van der Waals surface area contributed by atoms with Gasteiger partial charge in [-0.3, -0.25) is 14.6 Å². The Kier molecular flexibility index (Phi) is 3.93. The maximum absolute atomic E-state index is 14.2. The topological polar surface area (TPSA) is 112 Å². The van der Waals surface area contributed by atoms with Crippen molar-refractivity contribution in [3.8, 4) is 17.3 Å². The fourth-order valence-electron chi connectivity index (χ4n) is 2.61. The number of H-pyrrole nitrogens is 1. The van der Waals surface area contributed by atoms with E-state index in [1.54, 1.807) is 10.9 Å². The van der Waals surface area contributed by atoms with Gasteiger partial charge in [-0.15, -0.1) is 5.10 Å². The SMILES string of the molecule is N#Cc1cn[nH]c1C(=O)Nc1ccc(F)c(-c2cn(CC3CC3)nn2)c1. The number of rotatable bonds is 5. The molecular formula is C17H14FN7O. The molecule has 2 heterocycles. The third kappa shape index (κ3) is 3.17. The summed E-state index contributed by atoms with van der Waals surface area (Å²) in [5, 5.41) is 25.8. The Balaban J connectivity index is 1.57. The van der Waals surface area contributed by atoms with Gasteiger partial charge < -0.3 is 5.32 Å². The van der Waals surface area contributed by atoms with E-state index in [2.05, 4.69) is 25.8 Å². The van der Waals surface area contributed by atoms with Crippen molar-refractivity contribution < 1.29 is 9.18 Å². The quantitative estimate of drug-likeness (QED) is 0.733. The molecule has 1 amide bonds. The highest BCUT2D eigenvalue weighted by atomic mass is 19.1. The van der Waals surface area contributed by atoms with E-state index in [0.29, 0.717) is 17.3 Å². The molecule has 1 fully saturated rings. The number of anilines is 1. The molecule has 4 rings (SSSR count). The minimum atomic E-state index is -0.533. The molecule has 2 aromatic heterocycles. The first-order chi connectivity index (χ1) is 12.6. The lowest BCUT2D eigenvalue weighted by molar-refractivity contribution is 0.102. The van der Waals surface area contributed by atoms with Crippen molar-refractivity contribution in [2.45, 2.75) is 19.4 Å². The maximum Gasteiger partial charge on any atom is 0.275 e. The summed E-state index contributed by atoms with van der Waals surface area (Å²) in [6.07, 6.45) is 5.33. The monoisotopic (exact) mass is 351 g/mol. The van der Waals surface area contributed by atoms with Gasteiger partial charge in [0.1, 0.15) is 28.8 Å². The van der Waals surface area contributed by atoms with Gasteiger partial charge in [-0.2, -0.15) is 10.4 Å². The van der Waals surface area contributed by atoms with Crippen LogP contribution in [0.2, 0.25) is 0 Å². The highest BCUT2D eigenvalue weighted by Gasteiger charge is 2.23. The van der Waals surface area contributed by atoms with Crippen LogP contribution in [-0.2, 0) is 6.54 Å². The Hall–Kier alpha value is -3.54. The number of amides is 1. The Morgan fingerprint density at radius 2 is 2.31 bits per heavy atom. The average molecular weight is 351 g/mol. The number of nitrogens with zero attached hydrogens (tertiary/aromatic N) is 5. The summed E-state index contributed by atoms with van der Waals surface area (Å²) in [5.74, 6) is -0.363. The second-order valence-electron chi connectivity index (χ2n) is 6.19. The summed E-state index contributed by atoms with van der Waals surface area (Å²) < 4.78 is 15.9. The van der Waals surface area contributed by atoms with Gasteiger partial charge in [0.15, 0.2) is 0 Å². The Bertz CT molecular complexity index is 1010. The van der Waals surface area contributed by atoms with Crippen molar-refractivity contribution in [2.24, 2.45) is 5.92 Å². The largest absolute Gasteiger partial charge is 0.321 e. The second-order valence-corrected chi connectivity index (χ2v) is 6.19. The number of aromatic nitrogens is 5. The third-order valence-electron chi connectivity index (χ3n) is 4.17. The molecule has 1 aromatic carbocycles. The molecule has 26 heavy (non-hydrogen) atoms. The number of hydrogen-bond donors (Lipinski definition) is 2. The molecule has 8 nitrogen and oxygen atoms in total. The molecule has 0 radical (unpaired) electrons. The fraction of sp³-hybridized carbons (Fsp3) is 0.235. The summed E-state index contributed by atoms with van der Waals surface area (Å²) in [4.78, 5) is 12.3. The lowest BCUT2D eigenvalue weighted by atomic mass is 10.1. The summed E-state index contributed by atoms with van der Waals surface area (Å²) >= 11 is 0. The normalized spacial score (nSPS) is 13.4. The predicted octanol–water partition coefficient (Wildman–Crippen LogP) is 2.34. The molecule has 0 spiro atoms. The Morgan fingerprint density at radius 1 is 1.46 bits per heavy atom. The van der Waals surface area contributed by atoms with Crippen LogP contribution in [0.4, 0.5) is 10.1 Å². The molecule has 9 heteroatoms. The van der Waals surface area contributed by atoms with Gasteiger partial charge in [0.2, 0.25) is 0 Å². The molecule has 130 valence electrons. The maximum atomic E-state index is 14.2. The molecule has 1 saturated carbocycles. The lowest BCUT2D eigenvalue weighted by Crippen LogP contribution is -2.14. The van der Waals surface area contributed by atoms with Gasteiger partial charge in [-0.25, -0.2) is 4.39 Å². The zero-order valence-corrected chi connectivity index (χ0v) is 13.6. The van der Waals surface area contributed by atoms with Crippen molar-refractivity contribution >= 4 is 11.6 Å². The highest BCUT2D eigenvalue weighted by molar-refractivity contribution is 6.04. The summed E-state index contributed by atoms with van der Waals surface area (Å²) in [6, 6.07) is 6.05. The molecule has 0 aliphatic heterocycles. The average Bonchev–Trinajstić information content (AvgIpc) is 3.12. The number of aromatic amines is 1. The molecular weight excluding hydrogens is 337 g/mol. The number of carbonyl (C=O) groups excluding carboxylic acids is 1. The van der Waals surface area contributed by atoms with E-state index in [0.717, 1.165) is 6.54 Å². The van der Waals surface area contributed by atoms with Crippen LogP contribution in [0.25, 0.3) is 11.3 Å². The van der Waals surface area contributed by atoms with Crippen LogP contribution in [0.3, 0.4) is 0 Å². The first-order valence-electron chi connectivity index (χ1n) is 8.09. The fourth-order valence-corrected chi connectivity index (χ4v) is 2.61. The van der Waals surface area contributed by atoms with E-state index in [1.165, 1.54) is 37.2 Å². The van der Waals surface area contributed by atoms with Crippen molar-refractivity contribution in [3.63, 3.8) is 0 Å². The number of nitrogens with one attached hydrogen (secondary N) is 2. The smallest absolute Gasteiger partial charge is 0.275 e. The van der Waals surface area contributed by atoms with E-state index in [9.17, 15) is 9.18 Å². The molecule has 3 aromatic rings. The van der Waals surface area contributed by atoms with Crippen molar-refractivity contribution in [1.82, 2.24) is 25.2 Å². The Labute approximate surface area is 147 Å².